The van der Waals surface area contributed by atoms with Gasteiger partial charge in [0.25, 0.3) is 0 Å². The quantitative estimate of drug-likeness (QED) is 0.680. The van der Waals surface area contributed by atoms with Gasteiger partial charge in [0, 0.05) is 25.0 Å². The van der Waals surface area contributed by atoms with Gasteiger partial charge >= 0.3 is 0 Å². The largest absolute Gasteiger partial charge is 0.424 e. The molecule has 3 aromatic heterocycles. The molecule has 9 nitrogen and oxygen atoms in total. The summed E-state index contributed by atoms with van der Waals surface area (Å²) in [6.45, 7) is 4.46. The van der Waals surface area contributed by atoms with Crippen molar-refractivity contribution in [1.29, 1.82) is 0 Å². The summed E-state index contributed by atoms with van der Waals surface area (Å²) in [4.78, 5) is 4.52. The van der Waals surface area contributed by atoms with Crippen molar-refractivity contribution in [2.45, 2.75) is 38.3 Å². The number of fused-ring (bicyclic) bond motifs is 1. The van der Waals surface area contributed by atoms with Crippen LogP contribution in [0.15, 0.2) is 16.5 Å². The summed E-state index contributed by atoms with van der Waals surface area (Å²) in [7, 11) is 2.10. The van der Waals surface area contributed by atoms with Crippen LogP contribution in [-0.2, 0) is 6.54 Å². The Balaban J connectivity index is 1.21. The first-order chi connectivity index (χ1) is 12.2. The van der Waals surface area contributed by atoms with Crippen LogP contribution in [0.4, 0.5) is 5.82 Å². The Labute approximate surface area is 144 Å². The van der Waals surface area contributed by atoms with E-state index in [2.05, 4.69) is 42.3 Å². The van der Waals surface area contributed by atoms with Gasteiger partial charge in [-0.3, -0.25) is 4.90 Å². The molecule has 0 spiro atoms. The number of hydrogen-bond acceptors (Lipinski definition) is 8. The summed E-state index contributed by atoms with van der Waals surface area (Å²) in [5.41, 5.74) is 0.776. The lowest BCUT2D eigenvalue weighted by atomic mass is 10.1. The van der Waals surface area contributed by atoms with Crippen molar-refractivity contribution in [2.75, 3.05) is 25.0 Å². The molecule has 1 saturated carbocycles. The first kappa shape index (κ1) is 14.8. The van der Waals surface area contributed by atoms with Crippen molar-refractivity contribution >= 4 is 11.5 Å². The van der Waals surface area contributed by atoms with Gasteiger partial charge in [-0.1, -0.05) is 0 Å². The highest BCUT2D eigenvalue weighted by Gasteiger charge is 2.33. The molecule has 0 atom stereocenters. The van der Waals surface area contributed by atoms with E-state index in [4.69, 9.17) is 4.42 Å². The number of nitrogens with zero attached hydrogens (tertiary/aromatic N) is 8. The van der Waals surface area contributed by atoms with E-state index >= 15 is 0 Å². The third kappa shape index (κ3) is 2.64. The molecule has 1 aliphatic carbocycles. The maximum Gasteiger partial charge on any atom is 0.230 e. The van der Waals surface area contributed by atoms with Crippen LogP contribution in [0, 0.1) is 6.92 Å². The molecule has 5 rings (SSSR count). The van der Waals surface area contributed by atoms with Crippen LogP contribution < -0.4 is 4.90 Å². The molecule has 0 aromatic carbocycles. The highest BCUT2D eigenvalue weighted by molar-refractivity contribution is 5.47. The van der Waals surface area contributed by atoms with E-state index in [-0.39, 0.29) is 0 Å². The lowest BCUT2D eigenvalue weighted by Gasteiger charge is -2.44. The van der Waals surface area contributed by atoms with Gasteiger partial charge in [0.05, 0.1) is 6.54 Å². The lowest BCUT2D eigenvalue weighted by molar-refractivity contribution is 0.179. The molecular formula is C16H20N8O. The molecule has 0 N–H and O–H groups in total. The second kappa shape index (κ2) is 5.48. The predicted octanol–water partition coefficient (Wildman–Crippen LogP) is 1.01. The summed E-state index contributed by atoms with van der Waals surface area (Å²) in [6, 6.07) is 4.41. The maximum atomic E-state index is 5.75. The fraction of sp³-hybridized carbons (Fsp3) is 0.562. The van der Waals surface area contributed by atoms with E-state index in [1.54, 1.807) is 4.52 Å². The van der Waals surface area contributed by atoms with E-state index in [9.17, 15) is 0 Å². The first-order valence-electron chi connectivity index (χ1n) is 8.64. The van der Waals surface area contributed by atoms with Crippen molar-refractivity contribution in [2.24, 2.45) is 0 Å². The number of aromatic nitrogens is 6. The van der Waals surface area contributed by atoms with Crippen molar-refractivity contribution in [3.63, 3.8) is 0 Å². The van der Waals surface area contributed by atoms with E-state index < -0.39 is 0 Å². The van der Waals surface area contributed by atoms with Crippen LogP contribution in [-0.4, -0.2) is 61.1 Å². The topological polar surface area (TPSA) is 88.5 Å². The Morgan fingerprint density at radius 1 is 1.16 bits per heavy atom. The molecule has 1 saturated heterocycles. The van der Waals surface area contributed by atoms with Gasteiger partial charge in [-0.15, -0.1) is 25.5 Å². The van der Waals surface area contributed by atoms with E-state index in [0.29, 0.717) is 24.4 Å². The Hall–Kier alpha value is -2.55. The summed E-state index contributed by atoms with van der Waals surface area (Å²) >= 11 is 0. The van der Waals surface area contributed by atoms with Crippen molar-refractivity contribution in [1.82, 2.24) is 34.9 Å². The second-order valence-corrected chi connectivity index (χ2v) is 6.99. The van der Waals surface area contributed by atoms with E-state index in [1.807, 2.05) is 19.1 Å². The van der Waals surface area contributed by atoms with Gasteiger partial charge in [-0.05, 0) is 38.9 Å². The van der Waals surface area contributed by atoms with Gasteiger partial charge < -0.3 is 9.32 Å². The molecule has 25 heavy (non-hydrogen) atoms. The van der Waals surface area contributed by atoms with Crippen LogP contribution in [0.1, 0.15) is 36.4 Å². The fourth-order valence-corrected chi connectivity index (χ4v) is 3.14. The van der Waals surface area contributed by atoms with Crippen LogP contribution in [0.25, 0.3) is 5.65 Å². The van der Waals surface area contributed by atoms with Crippen molar-refractivity contribution in [3.8, 4) is 0 Å². The maximum absolute atomic E-state index is 5.75. The SMILES string of the molecule is Cc1nnc2ccc(N3CC(N(C)Cc4nnc(C5CC5)o4)C3)nn12. The molecule has 0 bridgehead atoms. The molecule has 2 aliphatic rings. The number of anilines is 1. The third-order valence-electron chi connectivity index (χ3n) is 5.01. The predicted molar refractivity (Wildman–Crippen MR) is 89.3 cm³/mol. The van der Waals surface area contributed by atoms with Crippen molar-refractivity contribution in [3.05, 3.63) is 29.7 Å². The van der Waals surface area contributed by atoms with Crippen molar-refractivity contribution < 1.29 is 4.42 Å². The van der Waals surface area contributed by atoms with E-state index in [1.165, 1.54) is 12.8 Å². The third-order valence-corrected chi connectivity index (χ3v) is 5.01. The Kier molecular flexibility index (Phi) is 3.24. The smallest absolute Gasteiger partial charge is 0.230 e. The van der Waals surface area contributed by atoms with Gasteiger partial charge in [-0.2, -0.15) is 4.52 Å². The highest BCUT2D eigenvalue weighted by Crippen LogP contribution is 2.39. The minimum Gasteiger partial charge on any atom is -0.424 e. The molecule has 2 fully saturated rings. The van der Waals surface area contributed by atoms with Gasteiger partial charge in [0.15, 0.2) is 11.5 Å². The zero-order valence-electron chi connectivity index (χ0n) is 14.3. The molecule has 9 heteroatoms. The average molecular weight is 340 g/mol. The standard InChI is InChI=1S/C16H20N8O/c1-10-17-18-13-5-6-14(21-24(10)13)23-7-12(8-23)22(2)9-15-19-20-16(25-15)11-3-4-11/h5-6,11-12H,3-4,7-9H2,1-2H3. The summed E-state index contributed by atoms with van der Waals surface area (Å²) in [6.07, 6.45) is 2.36. The summed E-state index contributed by atoms with van der Waals surface area (Å²) < 4.78 is 7.54. The van der Waals surface area contributed by atoms with Gasteiger partial charge in [0.2, 0.25) is 11.8 Å². The monoisotopic (exact) mass is 340 g/mol. The molecule has 0 amide bonds. The zero-order chi connectivity index (χ0) is 17.0. The van der Waals surface area contributed by atoms with E-state index in [0.717, 1.165) is 36.3 Å². The molecular weight excluding hydrogens is 320 g/mol. The first-order valence-corrected chi connectivity index (χ1v) is 8.64. The van der Waals surface area contributed by atoms with Crippen LogP contribution >= 0.6 is 0 Å². The molecule has 0 radical (unpaired) electrons. The highest BCUT2D eigenvalue weighted by atomic mass is 16.4. The summed E-state index contributed by atoms with van der Waals surface area (Å²) in [5.74, 6) is 3.78. The Morgan fingerprint density at radius 2 is 2.00 bits per heavy atom. The minimum atomic E-state index is 0.454. The molecule has 0 unspecified atom stereocenters. The number of aryl methyl sites for hydroxylation is 1. The zero-order valence-corrected chi connectivity index (χ0v) is 14.3. The molecule has 3 aromatic rings. The number of hydrogen-bond donors (Lipinski definition) is 0. The van der Waals surface area contributed by atoms with Crippen LogP contribution in [0.3, 0.4) is 0 Å². The van der Waals surface area contributed by atoms with Gasteiger partial charge in [0.1, 0.15) is 5.82 Å². The summed E-state index contributed by atoms with van der Waals surface area (Å²) in [5, 5.41) is 21.1. The average Bonchev–Trinajstić information content (AvgIpc) is 3.21. The molecule has 4 heterocycles. The Bertz CT molecular complexity index is 908. The minimum absolute atomic E-state index is 0.454. The molecule has 130 valence electrons. The number of likely N-dealkylation sites (N-methyl/N-ethyl adjacent to an activating group) is 1. The van der Waals surface area contributed by atoms with Crippen LogP contribution in [0.2, 0.25) is 0 Å². The normalized spacial score (nSPS) is 18.3. The lowest BCUT2D eigenvalue weighted by Crippen LogP contribution is -2.58. The molecule has 1 aliphatic heterocycles. The second-order valence-electron chi connectivity index (χ2n) is 6.99. The van der Waals surface area contributed by atoms with Gasteiger partial charge in [-0.25, -0.2) is 0 Å². The fourth-order valence-electron chi connectivity index (χ4n) is 3.14. The van der Waals surface area contributed by atoms with Crippen LogP contribution in [0.5, 0.6) is 0 Å². The Morgan fingerprint density at radius 3 is 2.80 bits per heavy atom. The number of rotatable bonds is 5.